The molecule has 0 spiro atoms. The van der Waals surface area contributed by atoms with E-state index in [1.807, 2.05) is 0 Å². The lowest BCUT2D eigenvalue weighted by Crippen LogP contribution is -2.14. The Morgan fingerprint density at radius 3 is 2.09 bits per heavy atom. The minimum Gasteiger partial charge on any atom is -0.493 e. The average Bonchev–Trinajstić information content (AvgIpc) is 2.55. The summed E-state index contributed by atoms with van der Waals surface area (Å²) in [6, 6.07) is 11.0. The molecule has 0 aliphatic heterocycles. The van der Waals surface area contributed by atoms with E-state index in [0.29, 0.717) is 11.5 Å². The summed E-state index contributed by atoms with van der Waals surface area (Å²) in [7, 11) is 2.88. The van der Waals surface area contributed by atoms with Gasteiger partial charge in [-0.25, -0.2) is 9.59 Å². The molecule has 114 valence electrons. The summed E-state index contributed by atoms with van der Waals surface area (Å²) in [6.45, 7) is 0. The first-order valence-electron chi connectivity index (χ1n) is 6.40. The first-order chi connectivity index (χ1) is 10.6. The highest BCUT2D eigenvalue weighted by molar-refractivity contribution is 6.05. The molecule has 22 heavy (non-hydrogen) atoms. The molecule has 0 amide bonds. The third kappa shape index (κ3) is 3.17. The predicted octanol–water partition coefficient (Wildman–Crippen LogP) is 2.28. The Balaban J connectivity index is 2.24. The Morgan fingerprint density at radius 2 is 1.50 bits per heavy atom. The monoisotopic (exact) mass is 301 g/mol. The van der Waals surface area contributed by atoms with Gasteiger partial charge in [-0.1, -0.05) is 18.2 Å². The third-order valence-corrected chi connectivity index (χ3v) is 2.97. The molecule has 0 atom stereocenters. The first kappa shape index (κ1) is 15.4. The molecule has 6 nitrogen and oxygen atoms in total. The van der Waals surface area contributed by atoms with Crippen LogP contribution in [0.5, 0.6) is 11.5 Å². The fourth-order valence-electron chi connectivity index (χ4n) is 1.84. The van der Waals surface area contributed by atoms with Crippen LogP contribution in [0.4, 0.5) is 5.69 Å². The summed E-state index contributed by atoms with van der Waals surface area (Å²) in [5, 5.41) is 0. The Hall–Kier alpha value is -3.02. The quantitative estimate of drug-likeness (QED) is 0.529. The number of esters is 2. The van der Waals surface area contributed by atoms with Gasteiger partial charge in [0.15, 0.2) is 11.5 Å². The smallest absolute Gasteiger partial charge is 0.348 e. The van der Waals surface area contributed by atoms with Gasteiger partial charge in [0, 0.05) is 12.1 Å². The number of benzene rings is 2. The maximum atomic E-state index is 12.1. The van der Waals surface area contributed by atoms with Crippen LogP contribution in [0.25, 0.3) is 0 Å². The fourth-order valence-corrected chi connectivity index (χ4v) is 1.84. The summed E-state index contributed by atoms with van der Waals surface area (Å²) >= 11 is 0. The SMILES string of the molecule is COc1cc(N)c(C(=O)OC(=O)c2ccccc2)cc1OC. The molecule has 0 heterocycles. The molecular weight excluding hydrogens is 286 g/mol. The van der Waals surface area contributed by atoms with E-state index in [4.69, 9.17) is 19.9 Å². The van der Waals surface area contributed by atoms with E-state index in [2.05, 4.69) is 0 Å². The highest BCUT2D eigenvalue weighted by Crippen LogP contribution is 2.32. The van der Waals surface area contributed by atoms with E-state index in [1.165, 1.54) is 26.4 Å². The van der Waals surface area contributed by atoms with Crippen molar-refractivity contribution in [1.29, 1.82) is 0 Å². The minimum absolute atomic E-state index is 0.0296. The summed E-state index contributed by atoms with van der Waals surface area (Å²) in [5.74, 6) is -0.908. The van der Waals surface area contributed by atoms with Crippen molar-refractivity contribution in [2.45, 2.75) is 0 Å². The van der Waals surface area contributed by atoms with Crippen LogP contribution in [0.2, 0.25) is 0 Å². The van der Waals surface area contributed by atoms with E-state index < -0.39 is 11.9 Å². The van der Waals surface area contributed by atoms with Crippen molar-refractivity contribution in [3.05, 3.63) is 53.6 Å². The van der Waals surface area contributed by atoms with Gasteiger partial charge in [-0.05, 0) is 12.1 Å². The zero-order chi connectivity index (χ0) is 16.1. The Kier molecular flexibility index (Phi) is 4.63. The Labute approximate surface area is 127 Å². The van der Waals surface area contributed by atoms with Crippen molar-refractivity contribution in [1.82, 2.24) is 0 Å². The van der Waals surface area contributed by atoms with E-state index in [-0.39, 0.29) is 16.8 Å². The average molecular weight is 301 g/mol. The fraction of sp³-hybridized carbons (Fsp3) is 0.125. The topological polar surface area (TPSA) is 87.9 Å². The van der Waals surface area contributed by atoms with Crippen LogP contribution in [0.3, 0.4) is 0 Å². The number of ether oxygens (including phenoxy) is 3. The summed E-state index contributed by atoms with van der Waals surface area (Å²) < 4.78 is 15.0. The molecule has 0 fully saturated rings. The van der Waals surface area contributed by atoms with Crippen molar-refractivity contribution in [2.75, 3.05) is 20.0 Å². The van der Waals surface area contributed by atoms with Crippen molar-refractivity contribution in [2.24, 2.45) is 0 Å². The van der Waals surface area contributed by atoms with Crippen LogP contribution in [-0.2, 0) is 4.74 Å². The lowest BCUT2D eigenvalue weighted by molar-refractivity contribution is 0.0398. The standard InChI is InChI=1S/C16H15NO5/c1-20-13-8-11(12(17)9-14(13)21-2)16(19)22-15(18)10-6-4-3-5-7-10/h3-9H,17H2,1-2H3. The largest absolute Gasteiger partial charge is 0.493 e. The second-order valence-corrected chi connectivity index (χ2v) is 4.34. The van der Waals surface area contributed by atoms with Gasteiger partial charge in [-0.15, -0.1) is 0 Å². The lowest BCUT2D eigenvalue weighted by atomic mass is 10.1. The number of carbonyl (C=O) groups excluding carboxylic acids is 2. The lowest BCUT2D eigenvalue weighted by Gasteiger charge is -2.11. The molecular formula is C16H15NO5. The third-order valence-electron chi connectivity index (χ3n) is 2.97. The van der Waals surface area contributed by atoms with Crippen LogP contribution >= 0.6 is 0 Å². The van der Waals surface area contributed by atoms with Crippen LogP contribution in [0.1, 0.15) is 20.7 Å². The van der Waals surface area contributed by atoms with E-state index in [1.54, 1.807) is 30.3 Å². The Morgan fingerprint density at radius 1 is 0.909 bits per heavy atom. The Bertz CT molecular complexity index is 697. The van der Waals surface area contributed by atoms with Crippen molar-refractivity contribution in [3.63, 3.8) is 0 Å². The number of nitrogen functional groups attached to an aromatic ring is 1. The predicted molar refractivity (Wildman–Crippen MR) is 80.1 cm³/mol. The molecule has 0 radical (unpaired) electrons. The van der Waals surface area contributed by atoms with Gasteiger partial charge < -0.3 is 19.9 Å². The molecule has 0 saturated carbocycles. The number of hydrogen-bond donors (Lipinski definition) is 1. The van der Waals surface area contributed by atoms with Gasteiger partial charge in [-0.2, -0.15) is 0 Å². The van der Waals surface area contributed by atoms with Crippen LogP contribution in [0.15, 0.2) is 42.5 Å². The molecule has 0 aliphatic rings. The van der Waals surface area contributed by atoms with Gasteiger partial charge in [0.25, 0.3) is 0 Å². The maximum Gasteiger partial charge on any atom is 0.348 e. The normalized spacial score (nSPS) is 9.91. The zero-order valence-electron chi connectivity index (χ0n) is 12.2. The highest BCUT2D eigenvalue weighted by atomic mass is 16.6. The number of carbonyl (C=O) groups is 2. The van der Waals surface area contributed by atoms with Gasteiger partial charge >= 0.3 is 11.9 Å². The second-order valence-electron chi connectivity index (χ2n) is 4.34. The first-order valence-corrected chi connectivity index (χ1v) is 6.40. The molecule has 0 saturated heterocycles. The number of hydrogen-bond acceptors (Lipinski definition) is 6. The van der Waals surface area contributed by atoms with Crippen LogP contribution in [0, 0.1) is 0 Å². The van der Waals surface area contributed by atoms with Crippen molar-refractivity contribution < 1.29 is 23.8 Å². The second kappa shape index (κ2) is 6.62. The molecule has 0 aromatic heterocycles. The molecule has 2 rings (SSSR count). The van der Waals surface area contributed by atoms with Crippen molar-refractivity contribution >= 4 is 17.6 Å². The number of anilines is 1. The van der Waals surface area contributed by atoms with Crippen molar-refractivity contribution in [3.8, 4) is 11.5 Å². The molecule has 0 bridgehead atoms. The minimum atomic E-state index is -0.854. The molecule has 2 aromatic rings. The van der Waals surface area contributed by atoms with Crippen LogP contribution in [-0.4, -0.2) is 26.2 Å². The van der Waals surface area contributed by atoms with Crippen LogP contribution < -0.4 is 15.2 Å². The zero-order valence-corrected chi connectivity index (χ0v) is 12.2. The van der Waals surface area contributed by atoms with E-state index in [0.717, 1.165) is 0 Å². The molecule has 2 aromatic carbocycles. The molecule has 0 unspecified atom stereocenters. The number of rotatable bonds is 4. The summed E-state index contributed by atoms with van der Waals surface area (Å²) in [6.07, 6.45) is 0. The summed E-state index contributed by atoms with van der Waals surface area (Å²) in [5.41, 5.74) is 6.22. The summed E-state index contributed by atoms with van der Waals surface area (Å²) in [4.78, 5) is 24.0. The van der Waals surface area contributed by atoms with Gasteiger partial charge in [0.2, 0.25) is 0 Å². The number of methoxy groups -OCH3 is 2. The van der Waals surface area contributed by atoms with E-state index >= 15 is 0 Å². The van der Waals surface area contributed by atoms with Gasteiger partial charge in [-0.3, -0.25) is 0 Å². The van der Waals surface area contributed by atoms with Gasteiger partial charge in [0.05, 0.1) is 31.0 Å². The van der Waals surface area contributed by atoms with Gasteiger partial charge in [0.1, 0.15) is 0 Å². The molecule has 6 heteroatoms. The van der Waals surface area contributed by atoms with E-state index in [9.17, 15) is 9.59 Å². The maximum absolute atomic E-state index is 12.1. The molecule has 0 aliphatic carbocycles. The molecule has 2 N–H and O–H groups in total. The highest BCUT2D eigenvalue weighted by Gasteiger charge is 2.20. The number of nitrogens with two attached hydrogens (primary N) is 1.